The Kier molecular flexibility index (Phi) is 6.26. The number of hydrogen-bond donors (Lipinski definition) is 6. The van der Waals surface area contributed by atoms with Crippen molar-refractivity contribution in [3.05, 3.63) is 18.2 Å². The molecule has 1 saturated heterocycles. The maximum Gasteiger partial charge on any atom is 0.488 e. The van der Waals surface area contributed by atoms with Gasteiger partial charge in [-0.15, -0.1) is 5.10 Å². The van der Waals surface area contributed by atoms with Gasteiger partial charge in [0.05, 0.1) is 6.10 Å². The highest BCUT2D eigenvalue weighted by molar-refractivity contribution is 7.69. The lowest BCUT2D eigenvalue weighted by Crippen LogP contribution is -2.21. The van der Waals surface area contributed by atoms with Crippen molar-refractivity contribution in [1.82, 2.24) is 25.0 Å². The van der Waals surface area contributed by atoms with Gasteiger partial charge in [0.1, 0.15) is 12.4 Å². The molecule has 1 aliphatic heterocycles. The summed E-state index contributed by atoms with van der Waals surface area (Å²) >= 11 is 0. The van der Waals surface area contributed by atoms with Crippen molar-refractivity contribution in [3.8, 4) is 0 Å². The molecule has 17 nitrogen and oxygen atoms in total. The van der Waals surface area contributed by atoms with Gasteiger partial charge in [-0.25, -0.2) is 23.4 Å². The molecule has 5 atom stereocenters. The Morgan fingerprint density at radius 2 is 1.90 bits per heavy atom. The summed E-state index contributed by atoms with van der Waals surface area (Å²) < 4.78 is 47.9. The molecule has 1 fully saturated rings. The van der Waals surface area contributed by atoms with Gasteiger partial charge in [0.2, 0.25) is 0 Å². The number of nitrogens with zero attached hydrogens (tertiary/aromatic N) is 5. The normalized spacial score (nSPS) is 26.8. The number of aliphatic hydroxyl groups excluding tert-OH is 1. The lowest BCUT2D eigenvalue weighted by atomic mass is 10.2. The standard InChI is InChI=1S/C10H15N6O11P3/c11-8-7-9(13-4-12-8)16(15-14-7)10-6(17)3-5(25-10)1-2-28(18,19)26-30(23,24)27-29(20,21)22/h1-2,4-6,10,17H,3H2,(H,18,19)(H,23,24)(H2,11,12,13)(H2,20,21,22)/b2-1+/t5-,6-,10-/m1/s1. The topological polar surface area (TPSA) is 263 Å². The van der Waals surface area contributed by atoms with E-state index in [0.717, 1.165) is 17.1 Å². The summed E-state index contributed by atoms with van der Waals surface area (Å²) in [6.07, 6.45) is -1.21. The molecule has 2 aromatic heterocycles. The molecule has 0 bridgehead atoms. The fourth-order valence-corrected chi connectivity index (χ4v) is 5.78. The van der Waals surface area contributed by atoms with E-state index in [1.54, 1.807) is 0 Å². The zero-order valence-corrected chi connectivity index (χ0v) is 17.2. The Balaban J connectivity index is 1.71. The Labute approximate surface area is 166 Å². The zero-order valence-electron chi connectivity index (χ0n) is 14.5. The van der Waals surface area contributed by atoms with Crippen LogP contribution in [-0.4, -0.2) is 61.8 Å². The lowest BCUT2D eigenvalue weighted by Gasteiger charge is -2.15. The van der Waals surface area contributed by atoms with Gasteiger partial charge in [0, 0.05) is 12.2 Å². The van der Waals surface area contributed by atoms with E-state index in [0.29, 0.717) is 5.82 Å². The molecule has 1 aliphatic rings. The summed E-state index contributed by atoms with van der Waals surface area (Å²) in [5, 5.41) is 17.8. The van der Waals surface area contributed by atoms with E-state index in [-0.39, 0.29) is 23.4 Å². The fourth-order valence-electron chi connectivity index (χ4n) is 2.51. The number of anilines is 1. The summed E-state index contributed by atoms with van der Waals surface area (Å²) in [5.41, 5.74) is 6.00. The summed E-state index contributed by atoms with van der Waals surface area (Å²) in [5.74, 6) is 0.498. The minimum Gasteiger partial charge on any atom is -0.388 e. The first-order chi connectivity index (χ1) is 13.8. The second-order valence-corrected chi connectivity index (χ2v) is 10.5. The number of rotatable bonds is 7. The van der Waals surface area contributed by atoms with E-state index >= 15 is 0 Å². The molecule has 0 radical (unpaired) electrons. The molecular formula is C10H15N6O11P3. The third-order valence-electron chi connectivity index (χ3n) is 3.57. The predicted octanol–water partition coefficient (Wildman–Crippen LogP) is -0.623. The third-order valence-corrected chi connectivity index (χ3v) is 7.55. The van der Waals surface area contributed by atoms with E-state index in [1.807, 2.05) is 0 Å². The van der Waals surface area contributed by atoms with E-state index < -0.39 is 41.7 Å². The Morgan fingerprint density at radius 3 is 2.57 bits per heavy atom. The van der Waals surface area contributed by atoms with Gasteiger partial charge in [0.25, 0.3) is 0 Å². The molecule has 20 heteroatoms. The van der Waals surface area contributed by atoms with Crippen LogP contribution in [0.5, 0.6) is 0 Å². The van der Waals surface area contributed by atoms with E-state index in [1.165, 1.54) is 0 Å². The van der Waals surface area contributed by atoms with Gasteiger partial charge in [-0.3, -0.25) is 4.57 Å². The molecule has 0 amide bonds. The van der Waals surface area contributed by atoms with Crippen molar-refractivity contribution in [2.75, 3.05) is 5.73 Å². The molecule has 0 aromatic carbocycles. The monoisotopic (exact) mass is 488 g/mol. The van der Waals surface area contributed by atoms with Crippen LogP contribution in [0.3, 0.4) is 0 Å². The summed E-state index contributed by atoms with van der Waals surface area (Å²) in [7, 11) is -16.0. The van der Waals surface area contributed by atoms with Crippen LogP contribution < -0.4 is 5.73 Å². The Hall–Kier alpha value is -1.61. The zero-order chi connectivity index (χ0) is 22.3. The Bertz CT molecular complexity index is 1120. The molecule has 7 N–H and O–H groups in total. The highest BCUT2D eigenvalue weighted by atomic mass is 31.3. The van der Waals surface area contributed by atoms with Crippen molar-refractivity contribution in [1.29, 1.82) is 0 Å². The fraction of sp³-hybridized carbons (Fsp3) is 0.400. The average Bonchev–Trinajstić information content (AvgIpc) is 3.13. The summed E-state index contributed by atoms with van der Waals surface area (Å²) in [6, 6.07) is 0. The maximum absolute atomic E-state index is 11.9. The number of ether oxygens (including phenoxy) is 1. The average molecular weight is 488 g/mol. The molecule has 2 aromatic rings. The molecule has 0 aliphatic carbocycles. The molecule has 2 unspecified atom stereocenters. The summed E-state index contributed by atoms with van der Waals surface area (Å²) in [4.78, 5) is 43.5. The van der Waals surface area contributed by atoms with Gasteiger partial charge in [-0.1, -0.05) is 5.21 Å². The van der Waals surface area contributed by atoms with Crippen LogP contribution >= 0.6 is 23.2 Å². The smallest absolute Gasteiger partial charge is 0.388 e. The molecule has 3 heterocycles. The highest BCUT2D eigenvalue weighted by Gasteiger charge is 2.40. The molecule has 3 rings (SSSR count). The van der Waals surface area contributed by atoms with Crippen LogP contribution in [0.4, 0.5) is 5.82 Å². The van der Waals surface area contributed by atoms with Gasteiger partial charge >= 0.3 is 23.2 Å². The minimum absolute atomic E-state index is 0.0551. The summed E-state index contributed by atoms with van der Waals surface area (Å²) in [6.45, 7) is 0. The predicted molar refractivity (Wildman–Crippen MR) is 95.1 cm³/mol. The second kappa shape index (κ2) is 8.15. The van der Waals surface area contributed by atoms with Crippen molar-refractivity contribution in [3.63, 3.8) is 0 Å². The second-order valence-electron chi connectivity index (χ2n) is 5.86. The van der Waals surface area contributed by atoms with Crippen molar-refractivity contribution < 1.29 is 51.7 Å². The minimum atomic E-state index is -5.56. The largest absolute Gasteiger partial charge is 0.488 e. The highest BCUT2D eigenvalue weighted by Crippen LogP contribution is 2.66. The molecule has 30 heavy (non-hydrogen) atoms. The van der Waals surface area contributed by atoms with Crippen LogP contribution in [0.2, 0.25) is 0 Å². The molecule has 0 spiro atoms. The van der Waals surface area contributed by atoms with Crippen LogP contribution in [-0.2, 0) is 27.1 Å². The van der Waals surface area contributed by atoms with Gasteiger partial charge in [0.15, 0.2) is 23.2 Å². The number of nitrogen functional groups attached to an aromatic ring is 1. The number of fused-ring (bicyclic) bond motifs is 1. The number of nitrogens with two attached hydrogens (primary N) is 1. The van der Waals surface area contributed by atoms with Gasteiger partial charge in [-0.2, -0.15) is 8.99 Å². The van der Waals surface area contributed by atoms with Crippen molar-refractivity contribution in [2.24, 2.45) is 0 Å². The van der Waals surface area contributed by atoms with Crippen LogP contribution in [0.15, 0.2) is 18.2 Å². The van der Waals surface area contributed by atoms with Crippen molar-refractivity contribution in [2.45, 2.75) is 24.9 Å². The van der Waals surface area contributed by atoms with Gasteiger partial charge in [-0.05, 0) is 6.08 Å². The number of aliphatic hydroxyl groups is 1. The van der Waals surface area contributed by atoms with E-state index in [9.17, 15) is 23.7 Å². The molecule has 166 valence electrons. The number of phosphoric acid groups is 2. The first kappa shape index (κ1) is 23.1. The van der Waals surface area contributed by atoms with Gasteiger partial charge < -0.3 is 35.2 Å². The first-order valence-electron chi connectivity index (χ1n) is 7.74. The van der Waals surface area contributed by atoms with Crippen molar-refractivity contribution >= 4 is 40.2 Å². The van der Waals surface area contributed by atoms with Crippen LogP contribution in [0.1, 0.15) is 12.6 Å². The SMILES string of the molecule is Nc1ncnc2c1nnn2[C@@H]1O[C@H](/C=C/P(=O)(O)OP(=O)(O)OP(=O)(O)O)C[C@H]1O. The molecular weight excluding hydrogens is 473 g/mol. The first-order valence-corrected chi connectivity index (χ1v) is 12.4. The van der Waals surface area contributed by atoms with Crippen LogP contribution in [0.25, 0.3) is 11.2 Å². The maximum atomic E-state index is 11.9. The molecule has 0 saturated carbocycles. The number of hydrogen-bond acceptors (Lipinski definition) is 12. The number of aromatic nitrogens is 5. The van der Waals surface area contributed by atoms with E-state index in [4.69, 9.17) is 25.2 Å². The van der Waals surface area contributed by atoms with E-state index in [2.05, 4.69) is 28.9 Å². The lowest BCUT2D eigenvalue weighted by molar-refractivity contribution is -0.0313. The quantitative estimate of drug-likeness (QED) is 0.265. The van der Waals surface area contributed by atoms with Crippen LogP contribution in [0, 0.1) is 0 Å². The Morgan fingerprint density at radius 1 is 1.20 bits per heavy atom. The third kappa shape index (κ3) is 5.55.